The van der Waals surface area contributed by atoms with Crippen molar-refractivity contribution in [1.29, 1.82) is 0 Å². The molecule has 8 nitrogen and oxygen atoms in total. The Labute approximate surface area is 153 Å². The van der Waals surface area contributed by atoms with Crippen LogP contribution in [0.1, 0.15) is 17.3 Å². The monoisotopic (exact) mass is 378 g/mol. The summed E-state index contributed by atoms with van der Waals surface area (Å²) in [7, 11) is 0. The molecule has 0 aliphatic rings. The molecule has 1 amide bonds. The predicted molar refractivity (Wildman–Crippen MR) is 94.6 cm³/mol. The van der Waals surface area contributed by atoms with E-state index in [1.165, 1.54) is 12.1 Å². The van der Waals surface area contributed by atoms with E-state index in [1.54, 1.807) is 31.2 Å². The van der Waals surface area contributed by atoms with Crippen molar-refractivity contribution in [3.05, 3.63) is 63.2 Å². The summed E-state index contributed by atoms with van der Waals surface area (Å²) in [6.45, 7) is 1.39. The fourth-order valence-corrected chi connectivity index (χ4v) is 2.14. The Bertz CT molecular complexity index is 823. The van der Waals surface area contributed by atoms with Crippen molar-refractivity contribution < 1.29 is 24.0 Å². The van der Waals surface area contributed by atoms with Crippen LogP contribution in [0.15, 0.2) is 42.5 Å². The smallest absolute Gasteiger partial charge is 0.338 e. The summed E-state index contributed by atoms with van der Waals surface area (Å²) < 4.78 is 10.0. The third-order valence-electron chi connectivity index (χ3n) is 3.15. The van der Waals surface area contributed by atoms with Crippen molar-refractivity contribution >= 4 is 34.9 Å². The van der Waals surface area contributed by atoms with Gasteiger partial charge in [-0.15, -0.1) is 0 Å². The molecule has 26 heavy (non-hydrogen) atoms. The Hall–Kier alpha value is -3.13. The number of benzene rings is 2. The van der Waals surface area contributed by atoms with Crippen LogP contribution >= 0.6 is 11.6 Å². The van der Waals surface area contributed by atoms with Crippen LogP contribution in [0.25, 0.3) is 0 Å². The number of anilines is 1. The first-order valence-electron chi connectivity index (χ1n) is 7.54. The lowest BCUT2D eigenvalue weighted by Crippen LogP contribution is -2.21. The van der Waals surface area contributed by atoms with Crippen LogP contribution in [0.5, 0.6) is 5.75 Å². The molecule has 0 bridgehead atoms. The molecule has 0 atom stereocenters. The highest BCUT2D eigenvalue weighted by Gasteiger charge is 2.20. The van der Waals surface area contributed by atoms with E-state index in [0.29, 0.717) is 10.7 Å². The second-order valence-corrected chi connectivity index (χ2v) is 5.44. The first-order valence-corrected chi connectivity index (χ1v) is 7.92. The number of rotatable bonds is 7. The number of amides is 1. The van der Waals surface area contributed by atoms with E-state index in [4.69, 9.17) is 21.1 Å². The van der Waals surface area contributed by atoms with Crippen LogP contribution in [0, 0.1) is 10.1 Å². The van der Waals surface area contributed by atoms with Crippen molar-refractivity contribution in [2.45, 2.75) is 6.92 Å². The summed E-state index contributed by atoms with van der Waals surface area (Å²) >= 11 is 5.75. The zero-order valence-electron chi connectivity index (χ0n) is 13.7. The summed E-state index contributed by atoms with van der Waals surface area (Å²) in [5.74, 6) is -1.36. The molecule has 0 fully saturated rings. The molecule has 0 aromatic heterocycles. The molecule has 2 rings (SSSR count). The maximum Gasteiger partial charge on any atom is 0.338 e. The lowest BCUT2D eigenvalue weighted by atomic mass is 10.2. The number of halogens is 1. The standard InChI is InChI=1S/C17H15ClN2O6/c1-2-25-15-8-3-11(9-14(15)20(23)24)17(22)26-10-16(21)19-13-6-4-12(18)5-7-13/h3-9H,2,10H2,1H3,(H,19,21). The maximum atomic E-state index is 12.0. The number of esters is 1. The minimum absolute atomic E-state index is 0.0505. The molecular weight excluding hydrogens is 364 g/mol. The van der Waals surface area contributed by atoms with Gasteiger partial charge in [0.1, 0.15) is 0 Å². The van der Waals surface area contributed by atoms with E-state index in [2.05, 4.69) is 5.32 Å². The van der Waals surface area contributed by atoms with Crippen molar-refractivity contribution in [1.82, 2.24) is 0 Å². The summed E-state index contributed by atoms with van der Waals surface area (Å²) in [5.41, 5.74) is 0.0820. The fourth-order valence-electron chi connectivity index (χ4n) is 2.01. The SMILES string of the molecule is CCOc1ccc(C(=O)OCC(=O)Nc2ccc(Cl)cc2)cc1[N+](=O)[O-]. The van der Waals surface area contributed by atoms with Gasteiger partial charge in [-0.1, -0.05) is 11.6 Å². The van der Waals surface area contributed by atoms with Gasteiger partial charge in [-0.2, -0.15) is 0 Å². The Kier molecular flexibility index (Phi) is 6.51. The molecule has 0 spiro atoms. The van der Waals surface area contributed by atoms with Crippen LogP contribution in [0.2, 0.25) is 5.02 Å². The van der Waals surface area contributed by atoms with Gasteiger partial charge in [0.25, 0.3) is 5.91 Å². The molecule has 9 heteroatoms. The van der Waals surface area contributed by atoms with Crippen LogP contribution in [-0.2, 0) is 9.53 Å². The topological polar surface area (TPSA) is 108 Å². The van der Waals surface area contributed by atoms with E-state index >= 15 is 0 Å². The Morgan fingerprint density at radius 1 is 1.19 bits per heavy atom. The normalized spacial score (nSPS) is 10.1. The van der Waals surface area contributed by atoms with Gasteiger partial charge in [-0.25, -0.2) is 4.79 Å². The van der Waals surface area contributed by atoms with Crippen LogP contribution in [0.3, 0.4) is 0 Å². The van der Waals surface area contributed by atoms with E-state index in [0.717, 1.165) is 6.07 Å². The second kappa shape index (κ2) is 8.82. The molecule has 2 aromatic rings. The van der Waals surface area contributed by atoms with Gasteiger partial charge in [-0.3, -0.25) is 14.9 Å². The van der Waals surface area contributed by atoms with Gasteiger partial charge in [0.2, 0.25) is 0 Å². The molecule has 0 radical (unpaired) electrons. The average molecular weight is 379 g/mol. The molecule has 0 saturated heterocycles. The third-order valence-corrected chi connectivity index (χ3v) is 3.41. The summed E-state index contributed by atoms with van der Waals surface area (Å²) in [5, 5.41) is 14.1. The molecule has 0 heterocycles. The van der Waals surface area contributed by atoms with E-state index in [1.807, 2.05) is 0 Å². The molecule has 2 aromatic carbocycles. The highest BCUT2D eigenvalue weighted by atomic mass is 35.5. The number of hydrogen-bond donors (Lipinski definition) is 1. The Morgan fingerprint density at radius 2 is 1.88 bits per heavy atom. The second-order valence-electron chi connectivity index (χ2n) is 5.00. The van der Waals surface area contributed by atoms with E-state index in [9.17, 15) is 19.7 Å². The van der Waals surface area contributed by atoms with Gasteiger partial charge >= 0.3 is 11.7 Å². The number of nitro groups is 1. The quantitative estimate of drug-likeness (QED) is 0.449. The van der Waals surface area contributed by atoms with Crippen molar-refractivity contribution in [3.8, 4) is 5.75 Å². The van der Waals surface area contributed by atoms with Crippen LogP contribution in [0.4, 0.5) is 11.4 Å². The van der Waals surface area contributed by atoms with Gasteiger partial charge in [0.05, 0.1) is 17.1 Å². The lowest BCUT2D eigenvalue weighted by molar-refractivity contribution is -0.385. The van der Waals surface area contributed by atoms with Crippen molar-refractivity contribution in [3.63, 3.8) is 0 Å². The first kappa shape index (κ1) is 19.2. The largest absolute Gasteiger partial charge is 0.487 e. The van der Waals surface area contributed by atoms with Crippen molar-refractivity contribution in [2.24, 2.45) is 0 Å². The van der Waals surface area contributed by atoms with Gasteiger partial charge < -0.3 is 14.8 Å². The predicted octanol–water partition coefficient (Wildman–Crippen LogP) is 3.44. The summed E-state index contributed by atoms with van der Waals surface area (Å²) in [6, 6.07) is 10.1. The number of ether oxygens (including phenoxy) is 2. The Balaban J connectivity index is 1.98. The van der Waals surface area contributed by atoms with Crippen LogP contribution in [-0.4, -0.2) is 30.0 Å². The minimum atomic E-state index is -0.859. The molecule has 1 N–H and O–H groups in total. The average Bonchev–Trinajstić information content (AvgIpc) is 2.62. The number of nitro benzene ring substituents is 1. The molecule has 0 unspecified atom stereocenters. The third kappa shape index (κ3) is 5.18. The van der Waals surface area contributed by atoms with Gasteiger partial charge in [0.15, 0.2) is 12.4 Å². The number of carbonyl (C=O) groups excluding carboxylic acids is 2. The molecular formula is C17H15ClN2O6. The summed E-state index contributed by atoms with van der Waals surface area (Å²) in [4.78, 5) is 34.2. The number of nitrogens with zero attached hydrogens (tertiary/aromatic N) is 1. The van der Waals surface area contributed by atoms with E-state index in [-0.39, 0.29) is 23.6 Å². The molecule has 0 saturated carbocycles. The zero-order chi connectivity index (χ0) is 19.1. The maximum absolute atomic E-state index is 12.0. The van der Waals surface area contributed by atoms with Crippen LogP contribution < -0.4 is 10.1 Å². The number of carbonyl (C=O) groups is 2. The molecule has 0 aliphatic carbocycles. The minimum Gasteiger partial charge on any atom is -0.487 e. The lowest BCUT2D eigenvalue weighted by Gasteiger charge is -2.08. The van der Waals surface area contributed by atoms with Gasteiger partial charge in [-0.05, 0) is 43.3 Å². The zero-order valence-corrected chi connectivity index (χ0v) is 14.5. The number of nitrogens with one attached hydrogen (secondary N) is 1. The first-order chi connectivity index (χ1) is 12.4. The van der Waals surface area contributed by atoms with Crippen molar-refractivity contribution in [2.75, 3.05) is 18.5 Å². The number of hydrogen-bond acceptors (Lipinski definition) is 6. The van der Waals surface area contributed by atoms with Gasteiger partial charge in [0, 0.05) is 16.8 Å². The molecule has 136 valence electrons. The molecule has 0 aliphatic heterocycles. The van der Waals surface area contributed by atoms with E-state index < -0.39 is 23.4 Å². The fraction of sp³-hybridized carbons (Fsp3) is 0.176. The highest BCUT2D eigenvalue weighted by Crippen LogP contribution is 2.28. The summed E-state index contributed by atoms with van der Waals surface area (Å²) in [6.07, 6.45) is 0. The Morgan fingerprint density at radius 3 is 2.50 bits per heavy atom. The highest BCUT2D eigenvalue weighted by molar-refractivity contribution is 6.30.